The van der Waals surface area contributed by atoms with Crippen LogP contribution in [0.4, 0.5) is 0 Å². The van der Waals surface area contributed by atoms with Gasteiger partial charge in [0.1, 0.15) is 5.76 Å². The topological polar surface area (TPSA) is 77.5 Å². The lowest BCUT2D eigenvalue weighted by molar-refractivity contribution is -0.121. The summed E-state index contributed by atoms with van der Waals surface area (Å²) in [6, 6.07) is 14.7. The number of furan rings is 1. The highest BCUT2D eigenvalue weighted by molar-refractivity contribution is 6.30. The van der Waals surface area contributed by atoms with Crippen LogP contribution in [0.25, 0.3) is 22.3 Å². The van der Waals surface area contributed by atoms with Crippen molar-refractivity contribution >= 4 is 28.5 Å². The smallest absolute Gasteiger partial charge is 0.221 e. The third-order valence-corrected chi connectivity index (χ3v) is 5.13. The number of benzene rings is 2. The number of ether oxygens (including phenoxy) is 1. The molecule has 1 N–H and O–H groups in total. The van der Waals surface area contributed by atoms with Crippen LogP contribution in [0.3, 0.4) is 0 Å². The number of para-hydroxylation sites is 1. The van der Waals surface area contributed by atoms with E-state index in [9.17, 15) is 4.79 Å². The third kappa shape index (κ3) is 4.91. The van der Waals surface area contributed by atoms with Gasteiger partial charge in [0.05, 0.1) is 18.8 Å². The van der Waals surface area contributed by atoms with E-state index in [4.69, 9.17) is 25.2 Å². The molecule has 0 bridgehead atoms. The molecule has 2 aromatic carbocycles. The van der Waals surface area contributed by atoms with E-state index in [-0.39, 0.29) is 18.4 Å². The SMILES string of the molecule is CCOc1cccc2cc(C(C)NC(=O)CCc3ncc(-c4ccc(Cl)cc4)o3)oc12. The van der Waals surface area contributed by atoms with Gasteiger partial charge in [-0.1, -0.05) is 23.7 Å². The summed E-state index contributed by atoms with van der Waals surface area (Å²) in [4.78, 5) is 16.7. The molecule has 1 unspecified atom stereocenters. The van der Waals surface area contributed by atoms with Crippen molar-refractivity contribution < 1.29 is 18.4 Å². The quantitative estimate of drug-likeness (QED) is 0.367. The first kappa shape index (κ1) is 21.0. The Balaban J connectivity index is 1.35. The lowest BCUT2D eigenvalue weighted by Gasteiger charge is -2.11. The molecule has 1 atom stereocenters. The maximum Gasteiger partial charge on any atom is 0.221 e. The lowest BCUT2D eigenvalue weighted by atomic mass is 10.2. The van der Waals surface area contributed by atoms with Crippen LogP contribution >= 0.6 is 11.6 Å². The van der Waals surface area contributed by atoms with Gasteiger partial charge in [-0.3, -0.25) is 4.79 Å². The number of oxazole rings is 1. The van der Waals surface area contributed by atoms with E-state index in [1.807, 2.05) is 50.2 Å². The molecule has 160 valence electrons. The molecule has 2 aromatic heterocycles. The van der Waals surface area contributed by atoms with Crippen LogP contribution in [0.5, 0.6) is 5.75 Å². The Labute approximate surface area is 185 Å². The summed E-state index contributed by atoms with van der Waals surface area (Å²) in [5, 5.41) is 4.57. The molecular weight excluding hydrogens is 416 g/mol. The fraction of sp³-hybridized carbons (Fsp3) is 0.250. The Morgan fingerprint density at radius 2 is 2.00 bits per heavy atom. The number of hydrogen-bond donors (Lipinski definition) is 1. The molecule has 0 saturated heterocycles. The molecule has 0 radical (unpaired) electrons. The Morgan fingerprint density at radius 1 is 1.19 bits per heavy atom. The van der Waals surface area contributed by atoms with Gasteiger partial charge in [-0.15, -0.1) is 0 Å². The minimum atomic E-state index is -0.274. The molecule has 0 aliphatic rings. The normalized spacial score (nSPS) is 12.1. The van der Waals surface area contributed by atoms with Crippen molar-refractivity contribution in [3.63, 3.8) is 0 Å². The molecule has 4 rings (SSSR count). The van der Waals surface area contributed by atoms with Crippen molar-refractivity contribution in [2.24, 2.45) is 0 Å². The van der Waals surface area contributed by atoms with E-state index in [1.165, 1.54) is 0 Å². The standard InChI is InChI=1S/C24H23ClN2O4/c1-3-29-19-6-4-5-17-13-20(31-24(17)19)15(2)27-22(28)11-12-23-26-14-21(30-23)16-7-9-18(25)10-8-16/h4-10,13-15H,3,11-12H2,1-2H3,(H,27,28). The lowest BCUT2D eigenvalue weighted by Crippen LogP contribution is -2.26. The van der Waals surface area contributed by atoms with Crippen LogP contribution < -0.4 is 10.1 Å². The second-order valence-electron chi connectivity index (χ2n) is 7.17. The molecule has 1 amide bonds. The van der Waals surface area contributed by atoms with E-state index in [2.05, 4.69) is 10.3 Å². The number of aryl methyl sites for hydroxylation is 1. The zero-order valence-electron chi connectivity index (χ0n) is 17.4. The van der Waals surface area contributed by atoms with Crippen molar-refractivity contribution in [3.05, 3.63) is 71.4 Å². The van der Waals surface area contributed by atoms with E-state index in [0.29, 0.717) is 46.8 Å². The van der Waals surface area contributed by atoms with Gasteiger partial charge >= 0.3 is 0 Å². The molecule has 31 heavy (non-hydrogen) atoms. The molecule has 4 aromatic rings. The van der Waals surface area contributed by atoms with E-state index in [0.717, 1.165) is 10.9 Å². The molecule has 0 saturated carbocycles. The van der Waals surface area contributed by atoms with Gasteiger partial charge in [-0.2, -0.15) is 0 Å². The van der Waals surface area contributed by atoms with Crippen LogP contribution in [0.2, 0.25) is 5.02 Å². The molecule has 6 nitrogen and oxygen atoms in total. The van der Waals surface area contributed by atoms with Crippen LogP contribution in [0.15, 0.2) is 63.6 Å². The average Bonchev–Trinajstić information content (AvgIpc) is 3.41. The van der Waals surface area contributed by atoms with Gasteiger partial charge in [-0.25, -0.2) is 4.98 Å². The van der Waals surface area contributed by atoms with E-state index >= 15 is 0 Å². The highest BCUT2D eigenvalue weighted by Crippen LogP contribution is 2.31. The maximum absolute atomic E-state index is 12.4. The second-order valence-corrected chi connectivity index (χ2v) is 7.61. The van der Waals surface area contributed by atoms with Gasteiger partial charge in [0.15, 0.2) is 23.0 Å². The first-order valence-electron chi connectivity index (χ1n) is 10.2. The van der Waals surface area contributed by atoms with Crippen molar-refractivity contribution in [1.29, 1.82) is 0 Å². The third-order valence-electron chi connectivity index (χ3n) is 4.88. The van der Waals surface area contributed by atoms with Gasteiger partial charge < -0.3 is 18.9 Å². The summed E-state index contributed by atoms with van der Waals surface area (Å²) >= 11 is 5.92. The van der Waals surface area contributed by atoms with Crippen LogP contribution in [-0.4, -0.2) is 17.5 Å². The van der Waals surface area contributed by atoms with Crippen LogP contribution in [0.1, 0.15) is 38.0 Å². The molecule has 7 heteroatoms. The van der Waals surface area contributed by atoms with Crippen molar-refractivity contribution in [2.45, 2.75) is 32.7 Å². The summed E-state index contributed by atoms with van der Waals surface area (Å²) < 4.78 is 17.3. The van der Waals surface area contributed by atoms with Gasteiger partial charge in [0.2, 0.25) is 5.91 Å². The predicted octanol–water partition coefficient (Wildman–Crippen LogP) is 5.95. The molecule has 0 fully saturated rings. The number of halogens is 1. The fourth-order valence-corrected chi connectivity index (χ4v) is 3.44. The van der Waals surface area contributed by atoms with Crippen LogP contribution in [0, 0.1) is 0 Å². The number of fused-ring (bicyclic) bond motifs is 1. The summed E-state index contributed by atoms with van der Waals surface area (Å²) in [6.07, 6.45) is 2.32. The zero-order chi connectivity index (χ0) is 21.8. The largest absolute Gasteiger partial charge is 0.490 e. The highest BCUT2D eigenvalue weighted by atomic mass is 35.5. The summed E-state index contributed by atoms with van der Waals surface area (Å²) in [5.41, 5.74) is 1.58. The Morgan fingerprint density at radius 3 is 2.77 bits per heavy atom. The predicted molar refractivity (Wildman–Crippen MR) is 119 cm³/mol. The van der Waals surface area contributed by atoms with Crippen LogP contribution in [-0.2, 0) is 11.2 Å². The molecule has 0 aliphatic heterocycles. The summed E-state index contributed by atoms with van der Waals surface area (Å²) in [5.74, 6) is 2.43. The minimum absolute atomic E-state index is 0.107. The first-order chi connectivity index (χ1) is 15.0. The fourth-order valence-electron chi connectivity index (χ4n) is 3.32. The number of nitrogens with one attached hydrogen (secondary N) is 1. The van der Waals surface area contributed by atoms with Crippen molar-refractivity contribution in [1.82, 2.24) is 10.3 Å². The average molecular weight is 439 g/mol. The number of aromatic nitrogens is 1. The highest BCUT2D eigenvalue weighted by Gasteiger charge is 2.17. The Bertz CT molecular complexity index is 1180. The molecular formula is C24H23ClN2O4. The number of hydrogen-bond acceptors (Lipinski definition) is 5. The zero-order valence-corrected chi connectivity index (χ0v) is 18.1. The maximum atomic E-state index is 12.4. The molecule has 0 aliphatic carbocycles. The van der Waals surface area contributed by atoms with Crippen molar-refractivity contribution in [3.8, 4) is 17.1 Å². The van der Waals surface area contributed by atoms with E-state index < -0.39 is 0 Å². The minimum Gasteiger partial charge on any atom is -0.490 e. The monoisotopic (exact) mass is 438 g/mol. The summed E-state index contributed by atoms with van der Waals surface area (Å²) in [7, 11) is 0. The number of rotatable bonds is 8. The van der Waals surface area contributed by atoms with Gasteiger partial charge in [0.25, 0.3) is 0 Å². The van der Waals surface area contributed by atoms with Crippen molar-refractivity contribution in [2.75, 3.05) is 6.61 Å². The van der Waals surface area contributed by atoms with Gasteiger partial charge in [-0.05, 0) is 50.2 Å². The molecule has 0 spiro atoms. The Kier molecular flexibility index (Phi) is 6.28. The van der Waals surface area contributed by atoms with E-state index in [1.54, 1.807) is 18.3 Å². The number of amides is 1. The Hall–Kier alpha value is -3.25. The number of nitrogens with zero attached hydrogens (tertiary/aromatic N) is 1. The molecule has 2 heterocycles. The number of carbonyl (C=O) groups excluding carboxylic acids is 1. The van der Waals surface area contributed by atoms with Gasteiger partial charge in [0, 0.05) is 28.8 Å². The number of carbonyl (C=O) groups is 1. The first-order valence-corrected chi connectivity index (χ1v) is 10.6. The second kappa shape index (κ2) is 9.27. The summed E-state index contributed by atoms with van der Waals surface area (Å²) in [6.45, 7) is 4.37.